The minimum Gasteiger partial charge on any atom is -0.381 e. The van der Waals surface area contributed by atoms with Crippen LogP contribution in [0.3, 0.4) is 0 Å². The fourth-order valence-electron chi connectivity index (χ4n) is 3.72. The second-order valence-electron chi connectivity index (χ2n) is 7.29. The Balaban J connectivity index is 1.56. The highest BCUT2D eigenvalue weighted by Crippen LogP contribution is 2.25. The van der Waals surface area contributed by atoms with Crippen LogP contribution in [0.1, 0.15) is 30.9 Å². The first kappa shape index (κ1) is 18.1. The SMILES string of the molecule is CN=C(NCC1(N(C)C)CCOCC1)NC1CCc2nc(C)nn2C1. The minimum absolute atomic E-state index is 0.124. The zero-order chi connectivity index (χ0) is 17.9. The van der Waals surface area contributed by atoms with Crippen molar-refractivity contribution in [3.05, 3.63) is 11.6 Å². The van der Waals surface area contributed by atoms with Crippen molar-refractivity contribution in [1.29, 1.82) is 0 Å². The molecule has 2 aliphatic rings. The molecule has 2 aliphatic heterocycles. The highest BCUT2D eigenvalue weighted by atomic mass is 16.5. The molecule has 0 bridgehead atoms. The second-order valence-corrected chi connectivity index (χ2v) is 7.29. The monoisotopic (exact) mass is 349 g/mol. The first-order valence-corrected chi connectivity index (χ1v) is 9.15. The van der Waals surface area contributed by atoms with Crippen LogP contribution in [-0.4, -0.2) is 78.1 Å². The van der Waals surface area contributed by atoms with Gasteiger partial charge in [-0.15, -0.1) is 0 Å². The fraction of sp³-hybridized carbons (Fsp3) is 0.824. The third-order valence-electron chi connectivity index (χ3n) is 5.49. The maximum Gasteiger partial charge on any atom is 0.191 e. The van der Waals surface area contributed by atoms with Gasteiger partial charge in [-0.25, -0.2) is 9.67 Å². The van der Waals surface area contributed by atoms with Gasteiger partial charge in [0.25, 0.3) is 0 Å². The lowest BCUT2D eigenvalue weighted by atomic mass is 9.88. The minimum atomic E-state index is 0.124. The van der Waals surface area contributed by atoms with E-state index in [0.717, 1.165) is 69.6 Å². The van der Waals surface area contributed by atoms with Crippen molar-refractivity contribution in [3.63, 3.8) is 0 Å². The number of aromatic nitrogens is 3. The lowest BCUT2D eigenvalue weighted by Gasteiger charge is -2.43. The lowest BCUT2D eigenvalue weighted by Crippen LogP contribution is -2.58. The van der Waals surface area contributed by atoms with Crippen LogP contribution in [0.4, 0.5) is 0 Å². The number of nitrogens with one attached hydrogen (secondary N) is 2. The molecule has 140 valence electrons. The molecule has 1 unspecified atom stereocenters. The smallest absolute Gasteiger partial charge is 0.191 e. The number of likely N-dealkylation sites (N-methyl/N-ethyl adjacent to an activating group) is 1. The average Bonchev–Trinajstić information content (AvgIpc) is 2.98. The van der Waals surface area contributed by atoms with Gasteiger partial charge in [0.1, 0.15) is 11.6 Å². The van der Waals surface area contributed by atoms with Crippen molar-refractivity contribution in [2.24, 2.45) is 4.99 Å². The van der Waals surface area contributed by atoms with Gasteiger partial charge in [0.05, 0.1) is 6.54 Å². The summed E-state index contributed by atoms with van der Waals surface area (Å²) in [6.45, 7) is 5.29. The number of hydrogen-bond acceptors (Lipinski definition) is 5. The van der Waals surface area contributed by atoms with Crippen molar-refractivity contribution in [2.45, 2.75) is 50.7 Å². The maximum absolute atomic E-state index is 5.55. The molecule has 0 saturated carbocycles. The Hall–Kier alpha value is -1.67. The van der Waals surface area contributed by atoms with Crippen molar-refractivity contribution >= 4 is 5.96 Å². The van der Waals surface area contributed by atoms with Gasteiger partial charge in [-0.2, -0.15) is 5.10 Å². The molecule has 0 amide bonds. The largest absolute Gasteiger partial charge is 0.381 e. The van der Waals surface area contributed by atoms with Crippen LogP contribution < -0.4 is 10.6 Å². The third-order valence-corrected chi connectivity index (χ3v) is 5.49. The van der Waals surface area contributed by atoms with Gasteiger partial charge < -0.3 is 20.3 Å². The van der Waals surface area contributed by atoms with E-state index in [9.17, 15) is 0 Å². The predicted molar refractivity (Wildman–Crippen MR) is 97.8 cm³/mol. The van der Waals surface area contributed by atoms with E-state index >= 15 is 0 Å². The van der Waals surface area contributed by atoms with Crippen molar-refractivity contribution in [1.82, 2.24) is 30.3 Å². The normalized spacial score (nSPS) is 23.4. The molecule has 0 aliphatic carbocycles. The Kier molecular flexibility index (Phi) is 5.58. The molecular formula is C17H31N7O. The summed E-state index contributed by atoms with van der Waals surface area (Å²) >= 11 is 0. The number of guanidine groups is 1. The Morgan fingerprint density at radius 1 is 1.40 bits per heavy atom. The molecule has 1 atom stereocenters. The summed E-state index contributed by atoms with van der Waals surface area (Å²) in [5, 5.41) is 11.6. The highest BCUT2D eigenvalue weighted by Gasteiger charge is 2.35. The molecule has 0 aromatic carbocycles. The Bertz CT molecular complexity index is 604. The Labute approximate surface area is 150 Å². The highest BCUT2D eigenvalue weighted by molar-refractivity contribution is 5.80. The molecule has 3 heterocycles. The summed E-state index contributed by atoms with van der Waals surface area (Å²) in [4.78, 5) is 11.2. The van der Waals surface area contributed by atoms with Crippen molar-refractivity contribution in [2.75, 3.05) is 40.9 Å². The predicted octanol–water partition coefficient (Wildman–Crippen LogP) is 0.177. The average molecular weight is 349 g/mol. The molecule has 0 spiro atoms. The molecular weight excluding hydrogens is 318 g/mol. The second kappa shape index (κ2) is 7.70. The van der Waals surface area contributed by atoms with Crippen LogP contribution in [0.15, 0.2) is 4.99 Å². The van der Waals surface area contributed by atoms with E-state index in [-0.39, 0.29) is 5.54 Å². The summed E-state index contributed by atoms with van der Waals surface area (Å²) in [5.74, 6) is 2.80. The van der Waals surface area contributed by atoms with E-state index in [1.807, 2.05) is 18.7 Å². The van der Waals surface area contributed by atoms with Gasteiger partial charge in [0.2, 0.25) is 0 Å². The summed E-state index contributed by atoms with van der Waals surface area (Å²) in [6, 6.07) is 0.324. The molecule has 1 saturated heterocycles. The standard InChI is InChI=1S/C17H31N7O/c1-13-20-15-6-5-14(11-24(15)22-13)21-16(18-2)19-12-17(23(3)4)7-9-25-10-8-17/h14H,5-12H2,1-4H3,(H2,18,19,21). The summed E-state index contributed by atoms with van der Waals surface area (Å²) in [5.41, 5.74) is 0.124. The number of nitrogens with zero attached hydrogens (tertiary/aromatic N) is 5. The Morgan fingerprint density at radius 3 is 2.84 bits per heavy atom. The maximum atomic E-state index is 5.55. The van der Waals surface area contributed by atoms with Crippen LogP contribution >= 0.6 is 0 Å². The van der Waals surface area contributed by atoms with E-state index in [1.54, 1.807) is 0 Å². The van der Waals surface area contributed by atoms with Gasteiger partial charge in [0.15, 0.2) is 5.96 Å². The number of fused-ring (bicyclic) bond motifs is 1. The molecule has 1 aromatic heterocycles. The quantitative estimate of drug-likeness (QED) is 0.596. The first-order chi connectivity index (χ1) is 12.0. The number of aryl methyl sites for hydroxylation is 2. The van der Waals surface area contributed by atoms with Crippen molar-refractivity contribution in [3.8, 4) is 0 Å². The van der Waals surface area contributed by atoms with E-state index < -0.39 is 0 Å². The van der Waals surface area contributed by atoms with E-state index in [1.165, 1.54) is 0 Å². The van der Waals surface area contributed by atoms with Crippen LogP contribution in [0.5, 0.6) is 0 Å². The zero-order valence-corrected chi connectivity index (χ0v) is 15.9. The summed E-state index contributed by atoms with van der Waals surface area (Å²) < 4.78 is 7.57. The zero-order valence-electron chi connectivity index (χ0n) is 15.9. The van der Waals surface area contributed by atoms with E-state index in [0.29, 0.717) is 6.04 Å². The van der Waals surface area contributed by atoms with Gasteiger partial charge in [-0.1, -0.05) is 0 Å². The van der Waals surface area contributed by atoms with Gasteiger partial charge in [0, 0.05) is 44.8 Å². The molecule has 25 heavy (non-hydrogen) atoms. The van der Waals surface area contributed by atoms with Crippen LogP contribution in [-0.2, 0) is 17.7 Å². The van der Waals surface area contributed by atoms with Gasteiger partial charge in [-0.05, 0) is 40.3 Å². The van der Waals surface area contributed by atoms with Crippen LogP contribution in [0.25, 0.3) is 0 Å². The molecule has 2 N–H and O–H groups in total. The summed E-state index contributed by atoms with van der Waals surface area (Å²) in [6.07, 6.45) is 4.07. The first-order valence-electron chi connectivity index (χ1n) is 9.15. The number of hydrogen-bond donors (Lipinski definition) is 2. The van der Waals surface area contributed by atoms with E-state index in [4.69, 9.17) is 4.74 Å². The lowest BCUT2D eigenvalue weighted by molar-refractivity contribution is -0.00503. The van der Waals surface area contributed by atoms with Crippen LogP contribution in [0.2, 0.25) is 0 Å². The Morgan fingerprint density at radius 2 is 2.16 bits per heavy atom. The fourth-order valence-corrected chi connectivity index (χ4v) is 3.72. The topological polar surface area (TPSA) is 79.6 Å². The molecule has 1 aromatic rings. The molecule has 0 radical (unpaired) electrons. The van der Waals surface area contributed by atoms with Gasteiger partial charge in [-0.3, -0.25) is 4.99 Å². The molecule has 8 heteroatoms. The molecule has 3 rings (SSSR count). The van der Waals surface area contributed by atoms with Crippen molar-refractivity contribution < 1.29 is 4.74 Å². The summed E-state index contributed by atoms with van der Waals surface area (Å²) in [7, 11) is 6.13. The molecule has 8 nitrogen and oxygen atoms in total. The number of ether oxygens (including phenoxy) is 1. The van der Waals surface area contributed by atoms with E-state index in [2.05, 4.69) is 44.7 Å². The van der Waals surface area contributed by atoms with Crippen LogP contribution in [0, 0.1) is 6.92 Å². The number of aliphatic imine (C=N–C) groups is 1. The van der Waals surface area contributed by atoms with Gasteiger partial charge >= 0.3 is 0 Å². The number of rotatable bonds is 4. The molecule has 1 fully saturated rings. The third kappa shape index (κ3) is 4.12.